The standard InChI is InChI=1S/C12H13ClO4S/c1-9(2)12-11-6-4-3-5-10(11)7-8-18(12)17-13(14,15)16/h3-9H,1-2H3. The van der Waals surface area contributed by atoms with Crippen LogP contribution in [0.2, 0.25) is 0 Å². The second-order valence-corrected chi connectivity index (χ2v) is 6.71. The zero-order chi connectivity index (χ0) is 13.3. The van der Waals surface area contributed by atoms with E-state index in [1.165, 1.54) is 0 Å². The normalized spacial score (nSPS) is 19.2. The van der Waals surface area contributed by atoms with Gasteiger partial charge in [-0.25, -0.2) is 0 Å². The molecular formula is C12H13ClO4S. The van der Waals surface area contributed by atoms with E-state index in [0.29, 0.717) is 0 Å². The number of hydrogen-bond acceptors (Lipinski definition) is 4. The third-order valence-corrected chi connectivity index (χ3v) is 5.15. The van der Waals surface area contributed by atoms with Crippen LogP contribution in [0.25, 0.3) is 6.08 Å². The Hall–Kier alpha value is -0.690. The van der Waals surface area contributed by atoms with Crippen LogP contribution < -0.4 is 14.0 Å². The number of halogens is 1. The van der Waals surface area contributed by atoms with E-state index in [-0.39, 0.29) is 5.92 Å². The Morgan fingerprint density at radius 2 is 1.83 bits per heavy atom. The molecule has 1 atom stereocenters. The average Bonchev–Trinajstić information content (AvgIpc) is 2.26. The Kier molecular flexibility index (Phi) is 3.91. The molecule has 1 aliphatic rings. The fourth-order valence-electron chi connectivity index (χ4n) is 1.86. The molecule has 0 amide bonds. The molecule has 1 unspecified atom stereocenters. The van der Waals surface area contributed by atoms with Crippen LogP contribution in [-0.4, -0.2) is 4.86 Å². The van der Waals surface area contributed by atoms with E-state index in [4.69, 9.17) is 0 Å². The molecule has 0 fully saturated rings. The number of rotatable bonds is 3. The van der Waals surface area contributed by atoms with Crippen LogP contribution in [-0.2, 0) is 3.74 Å². The predicted molar refractivity (Wildman–Crippen MR) is 63.1 cm³/mol. The summed E-state index contributed by atoms with van der Waals surface area (Å²) in [6.07, 6.45) is 1.78. The molecule has 0 aliphatic carbocycles. The molecule has 18 heavy (non-hydrogen) atoms. The molecule has 1 aliphatic heterocycles. The van der Waals surface area contributed by atoms with Gasteiger partial charge in [0.15, 0.2) is 0 Å². The Bertz CT molecular complexity index is 517. The molecule has 0 bridgehead atoms. The first-order valence-corrected chi connectivity index (χ1v) is 7.81. The molecule has 0 spiro atoms. The van der Waals surface area contributed by atoms with Crippen molar-refractivity contribution >= 4 is 21.7 Å². The van der Waals surface area contributed by atoms with Gasteiger partial charge in [-0.15, -0.1) is 0 Å². The van der Waals surface area contributed by atoms with E-state index in [0.717, 1.165) is 16.0 Å². The van der Waals surface area contributed by atoms with E-state index in [1.807, 2.05) is 38.1 Å². The summed E-state index contributed by atoms with van der Waals surface area (Å²) in [6, 6.07) is 7.64. The maximum atomic E-state index is 10.7. The lowest BCUT2D eigenvalue weighted by Gasteiger charge is -2.21. The number of fused-ring (bicyclic) bond motifs is 1. The summed E-state index contributed by atoms with van der Waals surface area (Å²) in [7, 11) is -5.54. The smallest absolute Gasteiger partial charge is 0.140 e. The molecule has 0 saturated heterocycles. The summed E-state index contributed by atoms with van der Waals surface area (Å²) in [6.45, 7) is 3.89. The van der Waals surface area contributed by atoms with Crippen molar-refractivity contribution in [3.05, 3.63) is 40.8 Å². The largest absolute Gasteiger partial charge is 0.182 e. The Morgan fingerprint density at radius 1 is 1.17 bits per heavy atom. The minimum Gasteiger partial charge on any atom is -0.182 e. The van der Waals surface area contributed by atoms with Gasteiger partial charge < -0.3 is 0 Å². The topological polar surface area (TPSA) is 78.4 Å². The third-order valence-electron chi connectivity index (χ3n) is 2.48. The molecule has 2 rings (SSSR count). The fourth-order valence-corrected chi connectivity index (χ4v) is 4.25. The average molecular weight is 289 g/mol. The molecule has 1 heterocycles. The summed E-state index contributed by atoms with van der Waals surface area (Å²) in [5.41, 5.74) is 1.95. The van der Waals surface area contributed by atoms with Crippen LogP contribution in [0.1, 0.15) is 25.0 Å². The van der Waals surface area contributed by atoms with Crippen LogP contribution in [0.5, 0.6) is 0 Å². The van der Waals surface area contributed by atoms with E-state index >= 15 is 0 Å². The molecular weight excluding hydrogens is 276 g/mol. The zero-order valence-electron chi connectivity index (χ0n) is 9.96. The van der Waals surface area contributed by atoms with Crippen molar-refractivity contribution in [1.82, 2.24) is 0 Å². The second-order valence-electron chi connectivity index (χ2n) is 4.15. The highest BCUT2D eigenvalue weighted by molar-refractivity contribution is 8.14. The van der Waals surface area contributed by atoms with Crippen LogP contribution in [0.15, 0.2) is 29.7 Å². The van der Waals surface area contributed by atoms with Crippen LogP contribution >= 0.6 is 10.8 Å². The van der Waals surface area contributed by atoms with Crippen molar-refractivity contribution in [3.63, 3.8) is 0 Å². The van der Waals surface area contributed by atoms with Gasteiger partial charge in [0.2, 0.25) is 0 Å². The van der Waals surface area contributed by atoms with Crippen molar-refractivity contribution in [3.8, 4) is 0 Å². The van der Waals surface area contributed by atoms with Gasteiger partial charge in [-0.05, 0) is 23.1 Å². The highest BCUT2D eigenvalue weighted by Gasteiger charge is 2.28. The highest BCUT2D eigenvalue weighted by Crippen LogP contribution is 2.35. The quantitative estimate of drug-likeness (QED) is 0.730. The van der Waals surface area contributed by atoms with Gasteiger partial charge in [-0.3, -0.25) is 0 Å². The van der Waals surface area contributed by atoms with Gasteiger partial charge in [0.25, 0.3) is 0 Å². The number of benzene rings is 1. The van der Waals surface area contributed by atoms with Crippen molar-refractivity contribution in [2.45, 2.75) is 13.8 Å². The molecule has 0 aromatic heterocycles. The summed E-state index contributed by atoms with van der Waals surface area (Å²) in [5, 5.41) is 1.63. The highest BCUT2D eigenvalue weighted by atomic mass is 35.7. The summed E-state index contributed by atoms with van der Waals surface area (Å²) < 4.78 is 36.8. The van der Waals surface area contributed by atoms with Crippen LogP contribution in [0.4, 0.5) is 0 Å². The van der Waals surface area contributed by atoms with Gasteiger partial charge in [-0.2, -0.15) is 14.0 Å². The van der Waals surface area contributed by atoms with E-state index in [9.17, 15) is 14.0 Å². The molecule has 0 radical (unpaired) electrons. The maximum absolute atomic E-state index is 10.7. The first-order valence-electron chi connectivity index (χ1n) is 5.37. The minimum absolute atomic E-state index is 0.0939. The van der Waals surface area contributed by atoms with Crippen molar-refractivity contribution < 1.29 is 28.0 Å². The number of hydrogen-bond donors (Lipinski definition) is 0. The minimum atomic E-state index is -4.42. The van der Waals surface area contributed by atoms with E-state index < -0.39 is 21.0 Å². The summed E-state index contributed by atoms with van der Waals surface area (Å²) >= 11 is 0. The van der Waals surface area contributed by atoms with E-state index in [1.54, 1.807) is 11.5 Å². The molecule has 0 N–H and O–H groups in total. The van der Waals surface area contributed by atoms with Gasteiger partial charge in [0.1, 0.15) is 14.5 Å². The van der Waals surface area contributed by atoms with Crippen molar-refractivity contribution in [2.75, 3.05) is 0 Å². The van der Waals surface area contributed by atoms with Crippen LogP contribution in [0.3, 0.4) is 0 Å². The fraction of sp³-hybridized carbons (Fsp3) is 0.250. The Balaban J connectivity index is 2.52. The monoisotopic (exact) mass is 288 g/mol. The predicted octanol–water partition coefficient (Wildman–Crippen LogP) is -0.0548. The van der Waals surface area contributed by atoms with Gasteiger partial charge in [0, 0.05) is 10.3 Å². The second kappa shape index (κ2) is 5.13. The van der Waals surface area contributed by atoms with Crippen LogP contribution in [0, 0.1) is 16.2 Å². The Labute approximate surface area is 110 Å². The third kappa shape index (κ3) is 3.00. The SMILES string of the molecule is CC(C)C1=S(O[Cl+3]([O-])([O-])[O-])C=Cc2ccccc21. The molecule has 1 aromatic carbocycles. The molecule has 98 valence electrons. The molecule has 0 saturated carbocycles. The lowest BCUT2D eigenvalue weighted by molar-refractivity contribution is -1.91. The van der Waals surface area contributed by atoms with Gasteiger partial charge >= 0.3 is 0 Å². The van der Waals surface area contributed by atoms with Crippen molar-refractivity contribution in [2.24, 2.45) is 5.92 Å². The first-order chi connectivity index (χ1) is 8.38. The van der Waals surface area contributed by atoms with Crippen molar-refractivity contribution in [1.29, 1.82) is 0 Å². The maximum Gasteiger partial charge on any atom is 0.140 e. The van der Waals surface area contributed by atoms with Gasteiger partial charge in [0.05, 0.1) is 10.2 Å². The summed E-state index contributed by atoms with van der Waals surface area (Å²) in [4.78, 5) is 0.833. The molecule has 4 nitrogen and oxygen atoms in total. The lowest BCUT2D eigenvalue weighted by Crippen LogP contribution is -2.60. The summed E-state index contributed by atoms with van der Waals surface area (Å²) in [5.74, 6) is 0.0939. The Morgan fingerprint density at radius 3 is 2.44 bits per heavy atom. The zero-order valence-corrected chi connectivity index (χ0v) is 11.5. The molecule has 6 heteroatoms. The van der Waals surface area contributed by atoms with E-state index in [2.05, 4.69) is 3.74 Å². The lowest BCUT2D eigenvalue weighted by atomic mass is 9.97. The first kappa shape index (κ1) is 13.7. The van der Waals surface area contributed by atoms with Gasteiger partial charge in [-0.1, -0.05) is 38.1 Å². The molecule has 1 aromatic rings.